The van der Waals surface area contributed by atoms with Gasteiger partial charge in [0.25, 0.3) is 6.50 Å². The molecule has 0 radical (unpaired) electrons. The fraction of sp³-hybridized carbons (Fsp3) is 0.500. The second-order valence-electron chi connectivity index (χ2n) is 4.80. The standard InChI is InChI=1S/C16H20N6O/c1-11-5-7-22(14(23)8-17-2)9-13(11)21(3)16-12-4-6-18-15(12)19-10-20-16/h4,6,10-11,13H,5,7-9H2,1,3H3,(H,18,19,20)/t11-,13+/m1/s1/i4D,7D2,8D2,9D2,10D,11D,13D. The van der Waals surface area contributed by atoms with Crippen LogP contribution in [0.4, 0.5) is 5.82 Å². The summed E-state index contributed by atoms with van der Waals surface area (Å²) in [6, 6.07) is -2.98. The third kappa shape index (κ3) is 2.84. The number of H-pyrrole nitrogens is 1. The molecule has 23 heavy (non-hydrogen) atoms. The summed E-state index contributed by atoms with van der Waals surface area (Å²) in [5, 5.41) is 0.00896. The van der Waals surface area contributed by atoms with Crippen molar-refractivity contribution < 1.29 is 18.5 Å². The summed E-state index contributed by atoms with van der Waals surface area (Å²) in [6.07, 6.45) is -0.206. The Hall–Kier alpha value is -2.62. The van der Waals surface area contributed by atoms with Crippen molar-refractivity contribution in [2.45, 2.75) is 19.4 Å². The lowest BCUT2D eigenvalue weighted by Crippen LogP contribution is -2.53. The van der Waals surface area contributed by atoms with Crippen molar-refractivity contribution in [3.05, 3.63) is 30.0 Å². The highest BCUT2D eigenvalue weighted by molar-refractivity contribution is 5.87. The first kappa shape index (κ1) is 7.30. The van der Waals surface area contributed by atoms with Crippen LogP contribution in [0.1, 0.15) is 27.1 Å². The van der Waals surface area contributed by atoms with E-state index in [1.54, 1.807) is 0 Å². The summed E-state index contributed by atoms with van der Waals surface area (Å²) >= 11 is 0. The van der Waals surface area contributed by atoms with E-state index in [-0.39, 0.29) is 27.8 Å². The predicted molar refractivity (Wildman–Crippen MR) is 87.9 cm³/mol. The summed E-state index contributed by atoms with van der Waals surface area (Å²) in [7, 11) is 1.15. The molecular formula is C16H20N6O. The van der Waals surface area contributed by atoms with Gasteiger partial charge in [-0.2, -0.15) is 0 Å². The minimum Gasteiger partial charge on any atom is -0.354 e. The van der Waals surface area contributed by atoms with E-state index in [1.165, 1.54) is 6.20 Å². The van der Waals surface area contributed by atoms with Gasteiger partial charge in [-0.25, -0.2) is 16.5 Å². The van der Waals surface area contributed by atoms with Crippen molar-refractivity contribution in [1.82, 2.24) is 19.9 Å². The zero-order valence-corrected chi connectivity index (χ0v) is 12.4. The lowest BCUT2D eigenvalue weighted by atomic mass is 9.92. The molecule has 0 bridgehead atoms. The van der Waals surface area contributed by atoms with Crippen LogP contribution in [0.2, 0.25) is 0 Å². The molecule has 3 rings (SSSR count). The Kier molecular flexibility index (Phi) is 1.98. The number of carbonyl (C=O) groups is 1. The number of nitrogens with zero attached hydrogens (tertiary/aromatic N) is 5. The fourth-order valence-electron chi connectivity index (χ4n) is 2.21. The highest BCUT2D eigenvalue weighted by Gasteiger charge is 2.33. The molecule has 120 valence electrons. The van der Waals surface area contributed by atoms with Crippen molar-refractivity contribution in [2.75, 3.05) is 31.4 Å². The fourth-order valence-corrected chi connectivity index (χ4v) is 2.21. The second kappa shape index (κ2) is 6.24. The van der Waals surface area contributed by atoms with Crippen LogP contribution >= 0.6 is 0 Å². The number of carbonyl (C=O) groups excluding carboxylic acids is 1. The monoisotopic (exact) mass is 322 g/mol. The Morgan fingerprint density at radius 3 is 3.39 bits per heavy atom. The molecule has 1 aliphatic heterocycles. The summed E-state index contributed by atoms with van der Waals surface area (Å²) < 4.78 is 82.8. The normalized spacial score (nSPS) is 38.9. The molecule has 1 amide bonds. The van der Waals surface area contributed by atoms with Gasteiger partial charge in [0.05, 0.1) is 16.9 Å². The molecule has 0 unspecified atom stereocenters. The Balaban J connectivity index is 2.31. The van der Waals surface area contributed by atoms with Crippen molar-refractivity contribution >= 4 is 22.8 Å². The highest BCUT2D eigenvalue weighted by Crippen LogP contribution is 2.28. The zero-order chi connectivity index (χ0) is 25.4. The number of amides is 1. The number of aromatic amines is 1. The lowest BCUT2D eigenvalue weighted by molar-refractivity contribution is -0.130. The predicted octanol–water partition coefficient (Wildman–Crippen LogP) is 1.55. The van der Waals surface area contributed by atoms with E-state index < -0.39 is 50.0 Å². The maximum Gasteiger partial charge on any atom is 0.302 e. The molecule has 1 fully saturated rings. The number of piperidine rings is 1. The van der Waals surface area contributed by atoms with E-state index in [0.717, 1.165) is 18.9 Å². The summed E-state index contributed by atoms with van der Waals surface area (Å²) in [5.41, 5.74) is 0.0427. The van der Waals surface area contributed by atoms with Gasteiger partial charge in [-0.3, -0.25) is 4.79 Å². The molecule has 3 heterocycles. The van der Waals surface area contributed by atoms with Crippen molar-refractivity contribution in [2.24, 2.45) is 5.89 Å². The minimum absolute atomic E-state index is 0.00896. The maximum absolute atomic E-state index is 12.8. The number of hydrogen-bond donors (Lipinski definition) is 1. The van der Waals surface area contributed by atoms with Gasteiger partial charge in [-0.05, 0) is 18.4 Å². The van der Waals surface area contributed by atoms with E-state index in [1.807, 2.05) is 0 Å². The number of anilines is 1. The van der Waals surface area contributed by atoms with E-state index in [9.17, 15) is 4.79 Å². The van der Waals surface area contributed by atoms with E-state index in [2.05, 4.69) is 19.8 Å². The molecule has 0 saturated carbocycles. The van der Waals surface area contributed by atoms with Crippen molar-refractivity contribution in [1.29, 1.82) is 0 Å². The van der Waals surface area contributed by atoms with Crippen LogP contribution in [0, 0.1) is 12.5 Å². The highest BCUT2D eigenvalue weighted by atomic mass is 16.2. The smallest absolute Gasteiger partial charge is 0.302 e. The van der Waals surface area contributed by atoms with E-state index in [4.69, 9.17) is 20.3 Å². The third-order valence-corrected chi connectivity index (χ3v) is 3.34. The second-order valence-corrected chi connectivity index (χ2v) is 4.80. The number of likely N-dealkylation sites (tertiary alicyclic amines) is 1. The Bertz CT molecular complexity index is 1170. The van der Waals surface area contributed by atoms with Gasteiger partial charge in [0.2, 0.25) is 0 Å². The molecule has 0 aromatic carbocycles. The molecule has 1 aliphatic rings. The number of aromatic nitrogens is 3. The first-order chi connectivity index (χ1) is 14.8. The SMILES string of the molecule is [2H]c1nc(N(C)[C@@]2([2H])C([2H])([2H])N(C(=O)C([2H])([2H])[N+]#[C-])C([2H])([2H])C[C@@]2([2H])C)c2c([2H])c[nH]c2n1. The Morgan fingerprint density at radius 2 is 2.61 bits per heavy atom. The molecule has 1 saturated heterocycles. The lowest BCUT2D eigenvalue weighted by Gasteiger charge is -2.41. The average Bonchev–Trinajstić information content (AvgIpc) is 3.04. The maximum atomic E-state index is 12.8. The quantitative estimate of drug-likeness (QED) is 0.871. The van der Waals surface area contributed by atoms with Gasteiger partial charge < -0.3 is 19.6 Å². The zero-order valence-electron chi connectivity index (χ0n) is 22.4. The van der Waals surface area contributed by atoms with Crippen molar-refractivity contribution in [3.8, 4) is 0 Å². The number of hydrogen-bond acceptors (Lipinski definition) is 4. The number of fused-ring (bicyclic) bond motifs is 1. The minimum atomic E-state index is -3.38. The molecule has 7 heteroatoms. The van der Waals surface area contributed by atoms with Crippen molar-refractivity contribution in [3.63, 3.8) is 0 Å². The van der Waals surface area contributed by atoms with Gasteiger partial charge >= 0.3 is 5.91 Å². The largest absolute Gasteiger partial charge is 0.354 e. The average molecular weight is 322 g/mol. The molecule has 1 N–H and O–H groups in total. The van der Waals surface area contributed by atoms with Crippen LogP contribution in [-0.2, 0) is 4.79 Å². The summed E-state index contributed by atoms with van der Waals surface area (Å²) in [4.78, 5) is 26.5. The van der Waals surface area contributed by atoms with Gasteiger partial charge in [0, 0.05) is 30.4 Å². The van der Waals surface area contributed by atoms with Crippen LogP contribution in [0.15, 0.2) is 18.5 Å². The molecule has 2 aromatic heterocycles. The topological polar surface area (TPSA) is 69.5 Å². The first-order valence-corrected chi connectivity index (χ1v) is 6.65. The molecule has 0 spiro atoms. The number of likely N-dealkylation sites (N-methyl/N-ethyl adjacent to an activating group) is 1. The first-order valence-electron chi connectivity index (χ1n) is 11.6. The van der Waals surface area contributed by atoms with Gasteiger partial charge in [-0.1, -0.05) is 6.92 Å². The van der Waals surface area contributed by atoms with Gasteiger partial charge in [0.1, 0.15) is 21.9 Å². The van der Waals surface area contributed by atoms with Crippen LogP contribution in [0.3, 0.4) is 0 Å². The Labute approximate surface area is 149 Å². The van der Waals surface area contributed by atoms with E-state index in [0.29, 0.717) is 0 Å². The van der Waals surface area contributed by atoms with Crippen LogP contribution in [0.5, 0.6) is 0 Å². The molecule has 0 aliphatic carbocycles. The Morgan fingerprint density at radius 1 is 1.78 bits per heavy atom. The molecule has 2 aromatic rings. The summed E-state index contributed by atoms with van der Waals surface area (Å²) in [6.45, 7) is -1.60. The third-order valence-electron chi connectivity index (χ3n) is 3.34. The summed E-state index contributed by atoms with van der Waals surface area (Å²) in [5.74, 6) is -4.38. The van der Waals surface area contributed by atoms with Gasteiger partial charge in [-0.15, -0.1) is 0 Å². The molecule has 2 atom stereocenters. The van der Waals surface area contributed by atoms with Crippen LogP contribution < -0.4 is 4.90 Å². The number of nitrogens with one attached hydrogen (secondary N) is 1. The van der Waals surface area contributed by atoms with Gasteiger partial charge in [0.15, 0.2) is 0 Å². The number of rotatable bonds is 3. The molecule has 7 nitrogen and oxygen atoms in total. The van der Waals surface area contributed by atoms with Crippen LogP contribution in [-0.4, -0.2) is 58.3 Å². The molecular weight excluding hydrogens is 292 g/mol. The van der Waals surface area contributed by atoms with Crippen LogP contribution in [0.25, 0.3) is 15.9 Å². The van der Waals surface area contributed by atoms with E-state index >= 15 is 0 Å².